The van der Waals surface area contributed by atoms with Crippen LogP contribution in [0, 0.1) is 5.82 Å². The van der Waals surface area contributed by atoms with Crippen molar-refractivity contribution in [1.29, 1.82) is 0 Å². The van der Waals surface area contributed by atoms with E-state index in [0.29, 0.717) is 22.9 Å². The van der Waals surface area contributed by atoms with Crippen molar-refractivity contribution in [2.75, 3.05) is 11.1 Å². The number of nitrogens with two attached hydrogens (primary N) is 1. The molecular weight excluding hydrogens is 287 g/mol. The van der Waals surface area contributed by atoms with E-state index in [1.54, 1.807) is 12.1 Å². The van der Waals surface area contributed by atoms with Gasteiger partial charge in [0.1, 0.15) is 16.2 Å². The third-order valence-electron chi connectivity index (χ3n) is 2.05. The molecule has 0 unspecified atom stereocenters. The molecule has 0 saturated heterocycles. The zero-order chi connectivity index (χ0) is 12.3. The molecule has 17 heavy (non-hydrogen) atoms. The van der Waals surface area contributed by atoms with Crippen LogP contribution < -0.4 is 11.1 Å². The Morgan fingerprint density at radius 1 is 1.29 bits per heavy atom. The zero-order valence-corrected chi connectivity index (χ0v) is 10.4. The first kappa shape index (κ1) is 11.8. The number of nitrogens with zero attached hydrogens (tertiary/aromatic N) is 2. The van der Waals surface area contributed by atoms with Gasteiger partial charge in [0.2, 0.25) is 5.95 Å². The van der Waals surface area contributed by atoms with E-state index in [-0.39, 0.29) is 5.82 Å². The highest BCUT2D eigenvalue weighted by Crippen LogP contribution is 2.13. The van der Waals surface area contributed by atoms with Crippen molar-refractivity contribution < 1.29 is 4.39 Å². The van der Waals surface area contributed by atoms with Gasteiger partial charge in [0, 0.05) is 12.6 Å². The largest absolute Gasteiger partial charge is 0.383 e. The van der Waals surface area contributed by atoms with Gasteiger partial charge in [0.05, 0.1) is 0 Å². The van der Waals surface area contributed by atoms with Crippen molar-refractivity contribution in [3.8, 4) is 0 Å². The summed E-state index contributed by atoms with van der Waals surface area (Å²) in [6, 6.07) is 7.93. The van der Waals surface area contributed by atoms with Crippen LogP contribution in [0.4, 0.5) is 16.2 Å². The highest BCUT2D eigenvalue weighted by Gasteiger charge is 2.01. The van der Waals surface area contributed by atoms with Crippen molar-refractivity contribution >= 4 is 27.7 Å². The lowest BCUT2D eigenvalue weighted by molar-refractivity contribution is 0.626. The molecule has 0 aliphatic carbocycles. The van der Waals surface area contributed by atoms with Crippen molar-refractivity contribution in [1.82, 2.24) is 9.97 Å². The van der Waals surface area contributed by atoms with Crippen molar-refractivity contribution in [3.63, 3.8) is 0 Å². The average molecular weight is 297 g/mol. The van der Waals surface area contributed by atoms with E-state index in [1.165, 1.54) is 12.1 Å². The van der Waals surface area contributed by atoms with Crippen LogP contribution in [-0.4, -0.2) is 9.97 Å². The van der Waals surface area contributed by atoms with Crippen molar-refractivity contribution in [2.45, 2.75) is 6.54 Å². The number of nitrogen functional groups attached to an aromatic ring is 1. The molecule has 0 spiro atoms. The summed E-state index contributed by atoms with van der Waals surface area (Å²) in [4.78, 5) is 8.10. The van der Waals surface area contributed by atoms with E-state index in [4.69, 9.17) is 5.73 Å². The molecule has 6 heteroatoms. The summed E-state index contributed by atoms with van der Waals surface area (Å²) in [5.41, 5.74) is 6.38. The van der Waals surface area contributed by atoms with E-state index >= 15 is 0 Å². The molecule has 0 aliphatic rings. The first-order valence-electron chi connectivity index (χ1n) is 4.92. The van der Waals surface area contributed by atoms with Crippen LogP contribution in [-0.2, 0) is 6.54 Å². The second kappa shape index (κ2) is 5.09. The van der Waals surface area contributed by atoms with Gasteiger partial charge >= 0.3 is 0 Å². The fourth-order valence-corrected chi connectivity index (χ4v) is 1.74. The highest BCUT2D eigenvalue weighted by atomic mass is 79.9. The molecule has 2 rings (SSSR count). The summed E-state index contributed by atoms with van der Waals surface area (Å²) in [6.07, 6.45) is 0. The van der Waals surface area contributed by atoms with Gasteiger partial charge < -0.3 is 11.1 Å². The molecule has 0 amide bonds. The molecule has 2 aromatic rings. The number of aromatic nitrogens is 2. The topological polar surface area (TPSA) is 63.8 Å². The van der Waals surface area contributed by atoms with Gasteiger partial charge in [0.25, 0.3) is 0 Å². The molecule has 0 aliphatic heterocycles. The Bertz CT molecular complexity index is 512. The summed E-state index contributed by atoms with van der Waals surface area (Å²) in [7, 11) is 0. The summed E-state index contributed by atoms with van der Waals surface area (Å²) in [5, 5.41) is 2.97. The standard InChI is InChI=1S/C11H10BrFN4/c12-9-5-10(14)17-11(16-9)15-6-7-2-1-3-8(13)4-7/h1-5H,6H2,(H3,14,15,16,17). The molecule has 4 nitrogen and oxygen atoms in total. The third-order valence-corrected chi connectivity index (χ3v) is 2.46. The maximum absolute atomic E-state index is 12.9. The molecular formula is C11H10BrFN4. The Hall–Kier alpha value is -1.69. The van der Waals surface area contributed by atoms with Crippen LogP contribution in [0.2, 0.25) is 0 Å². The van der Waals surface area contributed by atoms with Gasteiger partial charge in [-0.25, -0.2) is 9.37 Å². The van der Waals surface area contributed by atoms with Crippen LogP contribution in [0.1, 0.15) is 5.56 Å². The number of halogens is 2. The number of hydrogen-bond acceptors (Lipinski definition) is 4. The summed E-state index contributed by atoms with van der Waals surface area (Å²) < 4.78 is 13.5. The Kier molecular flexibility index (Phi) is 3.53. The Morgan fingerprint density at radius 2 is 2.12 bits per heavy atom. The Labute approximate surface area is 106 Å². The predicted molar refractivity (Wildman–Crippen MR) is 67.9 cm³/mol. The van der Waals surface area contributed by atoms with Crippen LogP contribution in [0.25, 0.3) is 0 Å². The molecule has 88 valence electrons. The number of benzene rings is 1. The fraction of sp³-hybridized carbons (Fsp3) is 0.0909. The molecule has 1 aromatic heterocycles. The first-order chi connectivity index (χ1) is 8.13. The maximum Gasteiger partial charge on any atom is 0.225 e. The van der Waals surface area contributed by atoms with Gasteiger partial charge in [0.15, 0.2) is 0 Å². The maximum atomic E-state index is 12.9. The lowest BCUT2D eigenvalue weighted by Crippen LogP contribution is -2.05. The summed E-state index contributed by atoms with van der Waals surface area (Å²) in [6.45, 7) is 0.438. The quantitative estimate of drug-likeness (QED) is 0.855. The molecule has 1 heterocycles. The van der Waals surface area contributed by atoms with Gasteiger partial charge in [-0.15, -0.1) is 0 Å². The van der Waals surface area contributed by atoms with Crippen molar-refractivity contribution in [3.05, 3.63) is 46.3 Å². The lowest BCUT2D eigenvalue weighted by atomic mass is 10.2. The second-order valence-electron chi connectivity index (χ2n) is 3.42. The molecule has 0 atom stereocenters. The number of anilines is 2. The van der Waals surface area contributed by atoms with Crippen LogP contribution >= 0.6 is 15.9 Å². The van der Waals surface area contributed by atoms with Crippen LogP contribution in [0.15, 0.2) is 34.9 Å². The van der Waals surface area contributed by atoms with E-state index in [0.717, 1.165) is 5.56 Å². The lowest BCUT2D eigenvalue weighted by Gasteiger charge is -2.06. The first-order valence-corrected chi connectivity index (χ1v) is 5.71. The highest BCUT2D eigenvalue weighted by molar-refractivity contribution is 9.10. The predicted octanol–water partition coefficient (Wildman–Crippen LogP) is 2.57. The van der Waals surface area contributed by atoms with Crippen molar-refractivity contribution in [2.24, 2.45) is 0 Å². The van der Waals surface area contributed by atoms with Gasteiger partial charge in [-0.3, -0.25) is 0 Å². The number of rotatable bonds is 3. The molecule has 0 bridgehead atoms. The molecule has 3 N–H and O–H groups in total. The molecule has 0 fully saturated rings. The minimum atomic E-state index is -0.265. The van der Waals surface area contributed by atoms with Gasteiger partial charge in [-0.1, -0.05) is 12.1 Å². The normalized spacial score (nSPS) is 10.2. The Morgan fingerprint density at radius 3 is 2.82 bits per heavy atom. The number of hydrogen-bond donors (Lipinski definition) is 2. The smallest absolute Gasteiger partial charge is 0.225 e. The average Bonchev–Trinajstić information content (AvgIpc) is 2.25. The monoisotopic (exact) mass is 296 g/mol. The van der Waals surface area contributed by atoms with E-state index in [1.807, 2.05) is 6.07 Å². The Balaban J connectivity index is 2.07. The van der Waals surface area contributed by atoms with Crippen LogP contribution in [0.5, 0.6) is 0 Å². The molecule has 0 radical (unpaired) electrons. The summed E-state index contributed by atoms with van der Waals surface area (Å²) in [5.74, 6) is 0.508. The van der Waals surface area contributed by atoms with Gasteiger partial charge in [-0.2, -0.15) is 4.98 Å². The van der Waals surface area contributed by atoms with E-state index < -0.39 is 0 Å². The zero-order valence-electron chi connectivity index (χ0n) is 8.82. The minimum absolute atomic E-state index is 0.265. The van der Waals surface area contributed by atoms with Crippen LogP contribution in [0.3, 0.4) is 0 Å². The van der Waals surface area contributed by atoms with E-state index in [9.17, 15) is 4.39 Å². The molecule has 0 saturated carbocycles. The SMILES string of the molecule is Nc1cc(Br)nc(NCc2cccc(F)c2)n1. The fourth-order valence-electron chi connectivity index (χ4n) is 1.34. The number of nitrogens with one attached hydrogen (secondary N) is 1. The summed E-state index contributed by atoms with van der Waals surface area (Å²) >= 11 is 3.22. The third kappa shape index (κ3) is 3.39. The minimum Gasteiger partial charge on any atom is -0.383 e. The second-order valence-corrected chi connectivity index (χ2v) is 4.24. The molecule has 1 aromatic carbocycles. The van der Waals surface area contributed by atoms with Gasteiger partial charge in [-0.05, 0) is 33.6 Å². The van der Waals surface area contributed by atoms with E-state index in [2.05, 4.69) is 31.2 Å².